The minimum Gasteiger partial charge on any atom is -0.466 e. The lowest BCUT2D eigenvalue weighted by molar-refractivity contribution is -0.143. The molecule has 0 bridgehead atoms. The first kappa shape index (κ1) is 13.5. The van der Waals surface area contributed by atoms with Gasteiger partial charge in [-0.25, -0.2) is 0 Å². The van der Waals surface area contributed by atoms with Crippen molar-refractivity contribution >= 4 is 5.97 Å². The number of hydrogen-bond acceptors (Lipinski definition) is 4. The number of rotatable bonds is 6. The number of carbonyl (C=O) groups is 1. The summed E-state index contributed by atoms with van der Waals surface area (Å²) in [6.45, 7) is 5.57. The van der Waals surface area contributed by atoms with Crippen molar-refractivity contribution in [2.75, 3.05) is 33.3 Å². The number of likely N-dealkylation sites (tertiary alicyclic amines) is 1. The van der Waals surface area contributed by atoms with E-state index in [0.717, 1.165) is 19.5 Å². The van der Waals surface area contributed by atoms with E-state index in [1.807, 2.05) is 6.92 Å². The third-order valence-corrected chi connectivity index (χ3v) is 2.92. The molecule has 0 amide bonds. The molecule has 0 aromatic rings. The average molecular weight is 228 g/mol. The van der Waals surface area contributed by atoms with Crippen molar-refractivity contribution in [3.8, 4) is 0 Å². The van der Waals surface area contributed by atoms with Crippen LogP contribution in [0.5, 0.6) is 0 Å². The maximum atomic E-state index is 11.1. The quantitative estimate of drug-likeness (QED) is 0.544. The Bertz CT molecular complexity index is 209. The summed E-state index contributed by atoms with van der Waals surface area (Å²) in [6, 6.07) is 0.598. The highest BCUT2D eigenvalue weighted by Crippen LogP contribution is 2.07. The van der Waals surface area contributed by atoms with E-state index in [4.69, 9.17) is 4.74 Å². The van der Waals surface area contributed by atoms with Crippen LogP contribution in [0.2, 0.25) is 0 Å². The van der Waals surface area contributed by atoms with E-state index in [2.05, 4.69) is 17.3 Å². The third kappa shape index (κ3) is 5.47. The Kier molecular flexibility index (Phi) is 6.42. The van der Waals surface area contributed by atoms with Crippen LogP contribution in [0, 0.1) is 0 Å². The molecule has 94 valence electrons. The molecule has 1 saturated heterocycles. The van der Waals surface area contributed by atoms with Crippen molar-refractivity contribution in [2.24, 2.45) is 0 Å². The number of ether oxygens (including phenoxy) is 1. The number of likely N-dealkylation sites (N-methyl/N-ethyl adjacent to an activating group) is 1. The van der Waals surface area contributed by atoms with Gasteiger partial charge in [0.15, 0.2) is 0 Å². The van der Waals surface area contributed by atoms with Crippen molar-refractivity contribution in [2.45, 2.75) is 38.6 Å². The van der Waals surface area contributed by atoms with Crippen LogP contribution in [0.4, 0.5) is 0 Å². The Morgan fingerprint density at radius 2 is 2.38 bits per heavy atom. The number of nitrogens with one attached hydrogen (secondary N) is 1. The Labute approximate surface area is 98.3 Å². The molecule has 16 heavy (non-hydrogen) atoms. The van der Waals surface area contributed by atoms with E-state index in [1.54, 1.807) is 0 Å². The molecule has 0 aromatic carbocycles. The molecular weight excluding hydrogens is 204 g/mol. The van der Waals surface area contributed by atoms with E-state index >= 15 is 0 Å². The summed E-state index contributed by atoms with van der Waals surface area (Å²) in [6.07, 6.45) is 3.93. The minimum absolute atomic E-state index is 0.0786. The molecule has 1 aliphatic rings. The van der Waals surface area contributed by atoms with Gasteiger partial charge in [-0.15, -0.1) is 0 Å². The lowest BCUT2D eigenvalue weighted by Crippen LogP contribution is -2.44. The zero-order chi connectivity index (χ0) is 11.8. The normalized spacial score (nSPS) is 22.0. The maximum absolute atomic E-state index is 11.1. The van der Waals surface area contributed by atoms with Gasteiger partial charge in [-0.05, 0) is 46.3 Å². The number of carbonyl (C=O) groups excluding carboxylic acids is 1. The zero-order valence-corrected chi connectivity index (χ0v) is 10.5. The van der Waals surface area contributed by atoms with Crippen LogP contribution < -0.4 is 5.32 Å². The summed E-state index contributed by atoms with van der Waals surface area (Å²) < 4.78 is 4.88. The largest absolute Gasteiger partial charge is 0.466 e. The molecule has 0 aromatic heterocycles. The van der Waals surface area contributed by atoms with Crippen LogP contribution in [0.25, 0.3) is 0 Å². The van der Waals surface area contributed by atoms with E-state index < -0.39 is 0 Å². The monoisotopic (exact) mass is 228 g/mol. The van der Waals surface area contributed by atoms with Gasteiger partial charge >= 0.3 is 5.97 Å². The van der Waals surface area contributed by atoms with Gasteiger partial charge < -0.3 is 15.0 Å². The highest BCUT2D eigenvalue weighted by atomic mass is 16.5. The summed E-state index contributed by atoms with van der Waals surface area (Å²) in [4.78, 5) is 13.4. The molecule has 4 heteroatoms. The van der Waals surface area contributed by atoms with Gasteiger partial charge in [-0.2, -0.15) is 0 Å². The molecule has 1 unspecified atom stereocenters. The summed E-state index contributed by atoms with van der Waals surface area (Å²) in [5.41, 5.74) is 0. The van der Waals surface area contributed by atoms with E-state index in [9.17, 15) is 4.79 Å². The van der Waals surface area contributed by atoms with Gasteiger partial charge in [-0.3, -0.25) is 4.79 Å². The Morgan fingerprint density at radius 3 is 3.06 bits per heavy atom. The van der Waals surface area contributed by atoms with Crippen LogP contribution in [0.15, 0.2) is 0 Å². The number of nitrogens with zero attached hydrogens (tertiary/aromatic N) is 1. The first-order chi connectivity index (χ1) is 7.72. The maximum Gasteiger partial charge on any atom is 0.305 e. The molecule has 0 spiro atoms. The van der Waals surface area contributed by atoms with Crippen molar-refractivity contribution in [3.05, 3.63) is 0 Å². The second-order valence-electron chi connectivity index (χ2n) is 4.46. The van der Waals surface area contributed by atoms with E-state index in [-0.39, 0.29) is 5.97 Å². The van der Waals surface area contributed by atoms with E-state index in [0.29, 0.717) is 19.1 Å². The molecule has 1 atom stereocenters. The fourth-order valence-electron chi connectivity index (χ4n) is 2.11. The number of piperidine rings is 1. The fraction of sp³-hybridized carbons (Fsp3) is 0.917. The van der Waals surface area contributed by atoms with Gasteiger partial charge in [0.1, 0.15) is 0 Å². The molecule has 1 heterocycles. The minimum atomic E-state index is -0.0786. The van der Waals surface area contributed by atoms with E-state index in [1.165, 1.54) is 19.4 Å². The summed E-state index contributed by atoms with van der Waals surface area (Å²) in [5.74, 6) is -0.0786. The SMILES string of the molecule is CCOC(=O)CCCNC1CCCN(C)C1. The molecule has 4 nitrogen and oxygen atoms in total. The molecule has 1 N–H and O–H groups in total. The van der Waals surface area contributed by atoms with Crippen molar-refractivity contribution in [1.29, 1.82) is 0 Å². The average Bonchev–Trinajstić information content (AvgIpc) is 2.25. The molecule has 1 fully saturated rings. The van der Waals surface area contributed by atoms with Crippen molar-refractivity contribution < 1.29 is 9.53 Å². The topological polar surface area (TPSA) is 41.6 Å². The lowest BCUT2D eigenvalue weighted by atomic mass is 10.1. The van der Waals surface area contributed by atoms with Crippen LogP contribution in [-0.2, 0) is 9.53 Å². The summed E-state index contributed by atoms with van der Waals surface area (Å²) in [5, 5.41) is 3.50. The molecule has 0 saturated carbocycles. The second kappa shape index (κ2) is 7.63. The first-order valence-electron chi connectivity index (χ1n) is 6.30. The van der Waals surface area contributed by atoms with Gasteiger partial charge in [0.2, 0.25) is 0 Å². The van der Waals surface area contributed by atoms with Gasteiger partial charge in [0.25, 0.3) is 0 Å². The Balaban J connectivity index is 2.00. The molecule has 1 aliphatic heterocycles. The number of esters is 1. The highest BCUT2D eigenvalue weighted by molar-refractivity contribution is 5.69. The van der Waals surface area contributed by atoms with Crippen molar-refractivity contribution in [3.63, 3.8) is 0 Å². The van der Waals surface area contributed by atoms with Crippen LogP contribution in [0.1, 0.15) is 32.6 Å². The third-order valence-electron chi connectivity index (χ3n) is 2.92. The van der Waals surface area contributed by atoms with Gasteiger partial charge in [0.05, 0.1) is 6.61 Å². The summed E-state index contributed by atoms with van der Waals surface area (Å²) >= 11 is 0. The zero-order valence-electron chi connectivity index (χ0n) is 10.5. The molecule has 0 aliphatic carbocycles. The predicted molar refractivity (Wildman–Crippen MR) is 64.4 cm³/mol. The lowest BCUT2D eigenvalue weighted by Gasteiger charge is -2.30. The van der Waals surface area contributed by atoms with Crippen molar-refractivity contribution in [1.82, 2.24) is 10.2 Å². The standard InChI is InChI=1S/C12H24N2O2/c1-3-16-12(15)7-4-8-13-11-6-5-9-14(2)10-11/h11,13H,3-10H2,1-2H3. The molecule has 0 radical (unpaired) electrons. The first-order valence-corrected chi connectivity index (χ1v) is 6.30. The second-order valence-corrected chi connectivity index (χ2v) is 4.46. The van der Waals surface area contributed by atoms with Crippen LogP contribution in [0.3, 0.4) is 0 Å². The van der Waals surface area contributed by atoms with Gasteiger partial charge in [0, 0.05) is 19.0 Å². The number of hydrogen-bond donors (Lipinski definition) is 1. The smallest absolute Gasteiger partial charge is 0.305 e. The molecular formula is C12H24N2O2. The predicted octanol–water partition coefficient (Wildman–Crippen LogP) is 1.01. The fourth-order valence-corrected chi connectivity index (χ4v) is 2.11. The Hall–Kier alpha value is -0.610. The summed E-state index contributed by atoms with van der Waals surface area (Å²) in [7, 11) is 2.16. The van der Waals surface area contributed by atoms with Gasteiger partial charge in [-0.1, -0.05) is 0 Å². The van der Waals surface area contributed by atoms with Crippen LogP contribution >= 0.6 is 0 Å². The highest BCUT2D eigenvalue weighted by Gasteiger charge is 2.15. The van der Waals surface area contributed by atoms with Crippen LogP contribution in [-0.4, -0.2) is 50.2 Å². The molecule has 1 rings (SSSR count). The Morgan fingerprint density at radius 1 is 1.56 bits per heavy atom.